The van der Waals surface area contributed by atoms with Crippen LogP contribution in [-0.4, -0.2) is 22.2 Å². The zero-order valence-corrected chi connectivity index (χ0v) is 7.21. The number of nitrogens with zero attached hydrogens (tertiary/aromatic N) is 1. The van der Waals surface area contributed by atoms with Gasteiger partial charge in [0.05, 0.1) is 5.56 Å². The van der Waals surface area contributed by atoms with E-state index in [2.05, 4.69) is 10.3 Å². The van der Waals surface area contributed by atoms with Crippen molar-refractivity contribution < 1.29 is 10.2 Å². The Kier molecular flexibility index (Phi) is 2.64. The predicted octanol–water partition coefficient (Wildman–Crippen LogP) is 0.0493. The highest BCUT2D eigenvalue weighted by Gasteiger charge is 2.26. The molecule has 0 bridgehead atoms. The van der Waals surface area contributed by atoms with E-state index in [0.29, 0.717) is 0 Å². The van der Waals surface area contributed by atoms with Crippen molar-refractivity contribution in [3.05, 3.63) is 29.0 Å². The lowest BCUT2D eigenvalue weighted by atomic mass is 10.2. The number of aliphatic hydroxyl groups is 2. The van der Waals surface area contributed by atoms with Gasteiger partial charge in [0.2, 0.25) is 0 Å². The lowest BCUT2D eigenvalue weighted by molar-refractivity contribution is -0.190. The largest absolute Gasteiger partial charge is 0.350 e. The van der Waals surface area contributed by atoms with Gasteiger partial charge in [0.1, 0.15) is 5.15 Å². The minimum absolute atomic E-state index is 0.0665. The summed E-state index contributed by atoms with van der Waals surface area (Å²) in [6.45, 7) is 0. The fourth-order valence-electron chi connectivity index (χ4n) is 0.781. The summed E-state index contributed by atoms with van der Waals surface area (Å²) in [5.74, 6) is -2.12. The summed E-state index contributed by atoms with van der Waals surface area (Å²) < 4.78 is 0. The van der Waals surface area contributed by atoms with Gasteiger partial charge >= 0.3 is 0 Å². The molecule has 0 saturated carbocycles. The molecule has 0 spiro atoms. The number of pyridine rings is 1. The average molecular weight is 189 g/mol. The van der Waals surface area contributed by atoms with Crippen molar-refractivity contribution in [2.75, 3.05) is 7.05 Å². The Morgan fingerprint density at radius 2 is 2.25 bits per heavy atom. The van der Waals surface area contributed by atoms with Gasteiger partial charge in [-0.25, -0.2) is 4.98 Å². The maximum absolute atomic E-state index is 9.30. The normalized spacial score (nSPS) is 11.7. The van der Waals surface area contributed by atoms with Crippen LogP contribution in [0.2, 0.25) is 5.15 Å². The molecule has 0 aliphatic rings. The van der Waals surface area contributed by atoms with E-state index in [4.69, 9.17) is 11.6 Å². The molecule has 4 nitrogen and oxygen atoms in total. The zero-order chi connectivity index (χ0) is 9.19. The lowest BCUT2D eigenvalue weighted by Gasteiger charge is -2.21. The molecule has 66 valence electrons. The van der Waals surface area contributed by atoms with Crippen LogP contribution >= 0.6 is 11.6 Å². The quantitative estimate of drug-likeness (QED) is 0.453. The maximum atomic E-state index is 9.30. The third-order valence-corrected chi connectivity index (χ3v) is 1.78. The molecule has 12 heavy (non-hydrogen) atoms. The fraction of sp³-hybridized carbons (Fsp3) is 0.286. The van der Waals surface area contributed by atoms with Crippen LogP contribution in [0.25, 0.3) is 0 Å². The summed E-state index contributed by atoms with van der Waals surface area (Å²) in [5, 5.41) is 20.9. The Morgan fingerprint density at radius 1 is 1.58 bits per heavy atom. The highest BCUT2D eigenvalue weighted by molar-refractivity contribution is 6.30. The van der Waals surface area contributed by atoms with E-state index in [1.807, 2.05) is 0 Å². The van der Waals surface area contributed by atoms with Crippen molar-refractivity contribution in [2.24, 2.45) is 0 Å². The fourth-order valence-corrected chi connectivity index (χ4v) is 1.03. The first-order valence-electron chi connectivity index (χ1n) is 3.32. The third-order valence-electron chi connectivity index (χ3n) is 1.48. The van der Waals surface area contributed by atoms with Gasteiger partial charge in [-0.2, -0.15) is 0 Å². The first-order chi connectivity index (χ1) is 5.58. The highest BCUT2D eigenvalue weighted by Crippen LogP contribution is 2.20. The van der Waals surface area contributed by atoms with E-state index >= 15 is 0 Å². The van der Waals surface area contributed by atoms with Gasteiger partial charge in [-0.05, 0) is 19.2 Å². The summed E-state index contributed by atoms with van der Waals surface area (Å²) in [6, 6.07) is 3.05. The molecule has 0 unspecified atom stereocenters. The number of aromatic nitrogens is 1. The highest BCUT2D eigenvalue weighted by atomic mass is 35.5. The molecule has 0 fully saturated rings. The molecule has 1 heterocycles. The Hall–Kier alpha value is -0.680. The number of hydrogen-bond acceptors (Lipinski definition) is 4. The standard InChI is InChI=1S/C7H9ClN2O2/c1-9-7(11,12)5-3-2-4-10-6(5)8/h2-4,9,11-12H,1H3. The first kappa shape index (κ1) is 9.41. The summed E-state index contributed by atoms with van der Waals surface area (Å²) in [7, 11) is 1.41. The smallest absolute Gasteiger partial charge is 0.253 e. The lowest BCUT2D eigenvalue weighted by Crippen LogP contribution is -2.39. The Balaban J connectivity index is 3.10. The first-order valence-corrected chi connectivity index (χ1v) is 3.70. The van der Waals surface area contributed by atoms with E-state index < -0.39 is 5.91 Å². The molecule has 0 atom stereocenters. The summed E-state index contributed by atoms with van der Waals surface area (Å²) in [6.07, 6.45) is 1.47. The molecule has 0 saturated heterocycles. The van der Waals surface area contributed by atoms with Gasteiger partial charge < -0.3 is 10.2 Å². The van der Waals surface area contributed by atoms with Crippen LogP contribution in [0.3, 0.4) is 0 Å². The molecular formula is C7H9ClN2O2. The molecular weight excluding hydrogens is 180 g/mol. The number of nitrogens with one attached hydrogen (secondary N) is 1. The van der Waals surface area contributed by atoms with Gasteiger partial charge in [-0.15, -0.1) is 0 Å². The van der Waals surface area contributed by atoms with E-state index in [1.165, 1.54) is 19.3 Å². The number of halogens is 1. The van der Waals surface area contributed by atoms with E-state index in [9.17, 15) is 10.2 Å². The zero-order valence-electron chi connectivity index (χ0n) is 6.45. The molecule has 5 heteroatoms. The monoisotopic (exact) mass is 188 g/mol. The van der Waals surface area contributed by atoms with Gasteiger partial charge in [-0.3, -0.25) is 5.32 Å². The summed E-state index contributed by atoms with van der Waals surface area (Å²) in [4.78, 5) is 3.70. The van der Waals surface area contributed by atoms with Crippen LogP contribution in [0.1, 0.15) is 5.56 Å². The Morgan fingerprint density at radius 3 is 2.75 bits per heavy atom. The average Bonchev–Trinajstić information content (AvgIpc) is 2.05. The molecule has 1 rings (SSSR count). The van der Waals surface area contributed by atoms with Crippen LogP contribution in [-0.2, 0) is 5.91 Å². The van der Waals surface area contributed by atoms with Crippen molar-refractivity contribution in [1.29, 1.82) is 0 Å². The van der Waals surface area contributed by atoms with Crippen LogP contribution < -0.4 is 5.32 Å². The maximum Gasteiger partial charge on any atom is 0.253 e. The topological polar surface area (TPSA) is 65.4 Å². The van der Waals surface area contributed by atoms with Crippen LogP contribution in [0.15, 0.2) is 18.3 Å². The minimum Gasteiger partial charge on any atom is -0.350 e. The van der Waals surface area contributed by atoms with Crippen LogP contribution in [0.5, 0.6) is 0 Å². The third kappa shape index (κ3) is 1.73. The molecule has 3 N–H and O–H groups in total. The second kappa shape index (κ2) is 3.37. The van der Waals surface area contributed by atoms with Crippen molar-refractivity contribution in [2.45, 2.75) is 5.91 Å². The molecule has 1 aromatic heterocycles. The number of hydrogen-bond donors (Lipinski definition) is 3. The van der Waals surface area contributed by atoms with Gasteiger partial charge in [0.15, 0.2) is 0 Å². The van der Waals surface area contributed by atoms with E-state index in [0.717, 1.165) is 0 Å². The van der Waals surface area contributed by atoms with E-state index in [1.54, 1.807) is 6.07 Å². The second-order valence-corrected chi connectivity index (χ2v) is 2.62. The molecule has 0 aliphatic carbocycles. The molecule has 1 aromatic rings. The van der Waals surface area contributed by atoms with Crippen LogP contribution in [0, 0.1) is 0 Å². The van der Waals surface area contributed by atoms with Crippen molar-refractivity contribution >= 4 is 11.6 Å². The van der Waals surface area contributed by atoms with Crippen molar-refractivity contribution in [3.63, 3.8) is 0 Å². The molecule has 0 aromatic carbocycles. The summed E-state index contributed by atoms with van der Waals surface area (Å²) in [5.41, 5.74) is 0.133. The van der Waals surface area contributed by atoms with Gasteiger partial charge in [-0.1, -0.05) is 11.6 Å². The van der Waals surface area contributed by atoms with Crippen LogP contribution in [0.4, 0.5) is 0 Å². The second-order valence-electron chi connectivity index (χ2n) is 2.26. The Bertz CT molecular complexity index is 278. The molecule has 0 amide bonds. The van der Waals surface area contributed by atoms with E-state index in [-0.39, 0.29) is 10.7 Å². The number of rotatable bonds is 2. The summed E-state index contributed by atoms with van der Waals surface area (Å²) >= 11 is 5.62. The Labute approximate surface area is 74.8 Å². The SMILES string of the molecule is CNC(O)(O)c1cccnc1Cl. The predicted molar refractivity (Wildman–Crippen MR) is 44.4 cm³/mol. The van der Waals surface area contributed by atoms with Gasteiger partial charge in [0, 0.05) is 6.20 Å². The molecule has 0 aliphatic heterocycles. The van der Waals surface area contributed by atoms with Crippen molar-refractivity contribution in [1.82, 2.24) is 10.3 Å². The molecule has 0 radical (unpaired) electrons. The minimum atomic E-state index is -2.12. The van der Waals surface area contributed by atoms with Crippen molar-refractivity contribution in [3.8, 4) is 0 Å². The van der Waals surface area contributed by atoms with Gasteiger partial charge in [0.25, 0.3) is 5.91 Å².